The van der Waals surface area contributed by atoms with Crippen molar-refractivity contribution in [3.63, 3.8) is 0 Å². The summed E-state index contributed by atoms with van der Waals surface area (Å²) < 4.78 is 1.93. The van der Waals surface area contributed by atoms with Crippen molar-refractivity contribution >= 4 is 43.4 Å². The summed E-state index contributed by atoms with van der Waals surface area (Å²) in [7, 11) is 0. The predicted molar refractivity (Wildman–Crippen MR) is 112 cm³/mol. The minimum Gasteiger partial charge on any atom is -0.267 e. The Balaban J connectivity index is 1.81. The summed E-state index contributed by atoms with van der Waals surface area (Å²) in [6.45, 7) is 1.97. The standard InChI is InChI=1S/C20H14BrN3O2S/c1-12-16(13-6-3-2-4-7-13)17-19(27-12)22-11-24(20(17)26)23-18(25)14-8-5-9-15(21)10-14/h2-11H,1H3,(H,23,25). The Morgan fingerprint density at radius 1 is 1.15 bits per heavy atom. The average molecular weight is 440 g/mol. The summed E-state index contributed by atoms with van der Waals surface area (Å²) >= 11 is 4.81. The summed E-state index contributed by atoms with van der Waals surface area (Å²) in [6.07, 6.45) is 1.35. The highest BCUT2D eigenvalue weighted by molar-refractivity contribution is 9.10. The van der Waals surface area contributed by atoms with Gasteiger partial charge in [0, 0.05) is 20.5 Å². The summed E-state index contributed by atoms with van der Waals surface area (Å²) in [5.74, 6) is -0.382. The lowest BCUT2D eigenvalue weighted by atomic mass is 10.0. The first-order valence-corrected chi connectivity index (χ1v) is 9.78. The summed E-state index contributed by atoms with van der Waals surface area (Å²) in [5.41, 5.74) is 4.58. The molecule has 5 nitrogen and oxygen atoms in total. The Bertz CT molecular complexity index is 1220. The highest BCUT2D eigenvalue weighted by Crippen LogP contribution is 2.35. The van der Waals surface area contributed by atoms with Crippen LogP contribution in [0.1, 0.15) is 15.2 Å². The SMILES string of the molecule is Cc1sc2ncn(NC(=O)c3cccc(Br)c3)c(=O)c2c1-c1ccccc1. The van der Waals surface area contributed by atoms with Crippen LogP contribution in [0.4, 0.5) is 0 Å². The van der Waals surface area contributed by atoms with Crippen molar-refractivity contribution in [2.75, 3.05) is 5.43 Å². The molecule has 0 unspecified atom stereocenters. The topological polar surface area (TPSA) is 64.0 Å². The van der Waals surface area contributed by atoms with Crippen molar-refractivity contribution in [3.05, 3.63) is 86.2 Å². The lowest BCUT2D eigenvalue weighted by Crippen LogP contribution is -2.33. The molecule has 1 amide bonds. The number of benzene rings is 2. The maximum absolute atomic E-state index is 13.1. The highest BCUT2D eigenvalue weighted by Gasteiger charge is 2.17. The molecule has 2 heterocycles. The number of carbonyl (C=O) groups excluding carboxylic acids is 1. The Morgan fingerprint density at radius 3 is 2.67 bits per heavy atom. The van der Waals surface area contributed by atoms with Crippen molar-refractivity contribution in [2.45, 2.75) is 6.92 Å². The molecule has 7 heteroatoms. The average Bonchev–Trinajstić information content (AvgIpc) is 3.01. The number of fused-ring (bicyclic) bond motifs is 1. The maximum atomic E-state index is 13.1. The smallest absolute Gasteiger partial charge is 0.267 e. The zero-order chi connectivity index (χ0) is 19.0. The predicted octanol–water partition coefficient (Wildman–Crippen LogP) is 4.58. The van der Waals surface area contributed by atoms with Crippen molar-refractivity contribution in [2.24, 2.45) is 0 Å². The van der Waals surface area contributed by atoms with Crippen LogP contribution in [0.2, 0.25) is 0 Å². The summed E-state index contributed by atoms with van der Waals surface area (Å²) in [4.78, 5) is 31.6. The number of hydrogen-bond donors (Lipinski definition) is 1. The van der Waals surface area contributed by atoms with Crippen LogP contribution in [0.5, 0.6) is 0 Å². The van der Waals surface area contributed by atoms with E-state index in [2.05, 4.69) is 26.3 Å². The van der Waals surface area contributed by atoms with Crippen LogP contribution in [0, 0.1) is 6.92 Å². The molecule has 4 rings (SSSR count). The number of amides is 1. The van der Waals surface area contributed by atoms with Gasteiger partial charge in [-0.3, -0.25) is 15.0 Å². The Hall–Kier alpha value is -2.77. The fraction of sp³-hybridized carbons (Fsp3) is 0.0500. The molecule has 0 aliphatic rings. The second-order valence-corrected chi connectivity index (χ2v) is 8.07. The van der Waals surface area contributed by atoms with Gasteiger partial charge in [-0.15, -0.1) is 11.3 Å². The van der Waals surface area contributed by atoms with Crippen molar-refractivity contribution < 1.29 is 4.79 Å². The first kappa shape index (κ1) is 17.6. The molecule has 0 fully saturated rings. The van der Waals surface area contributed by atoms with Gasteiger partial charge in [-0.05, 0) is 30.7 Å². The van der Waals surface area contributed by atoms with E-state index >= 15 is 0 Å². The second-order valence-electron chi connectivity index (χ2n) is 5.95. The van der Waals surface area contributed by atoms with Crippen molar-refractivity contribution in [3.8, 4) is 11.1 Å². The molecule has 0 bridgehead atoms. The molecule has 134 valence electrons. The van der Waals surface area contributed by atoms with E-state index in [4.69, 9.17) is 0 Å². The van der Waals surface area contributed by atoms with E-state index in [0.717, 1.165) is 25.2 Å². The molecular formula is C20H14BrN3O2S. The van der Waals surface area contributed by atoms with E-state index in [9.17, 15) is 9.59 Å². The Labute approximate surface area is 167 Å². The first-order chi connectivity index (χ1) is 13.0. The number of nitrogens with one attached hydrogen (secondary N) is 1. The van der Waals surface area contributed by atoms with Crippen molar-refractivity contribution in [1.29, 1.82) is 0 Å². The minimum atomic E-state index is -0.382. The highest BCUT2D eigenvalue weighted by atomic mass is 79.9. The Kier molecular flexibility index (Phi) is 4.63. The third-order valence-electron chi connectivity index (χ3n) is 4.16. The second kappa shape index (κ2) is 7.09. The van der Waals surface area contributed by atoms with Crippen LogP contribution < -0.4 is 11.0 Å². The lowest BCUT2D eigenvalue weighted by molar-refractivity contribution is 0.101. The molecule has 0 aliphatic carbocycles. The minimum absolute atomic E-state index is 0.299. The van der Waals surface area contributed by atoms with E-state index in [1.54, 1.807) is 18.2 Å². The molecule has 1 N–H and O–H groups in total. The van der Waals surface area contributed by atoms with Gasteiger partial charge in [0.05, 0.1) is 5.39 Å². The van der Waals surface area contributed by atoms with Gasteiger partial charge in [-0.2, -0.15) is 0 Å². The zero-order valence-corrected chi connectivity index (χ0v) is 16.7. The summed E-state index contributed by atoms with van der Waals surface area (Å²) in [6, 6.07) is 16.7. The van der Waals surface area contributed by atoms with Crippen LogP contribution >= 0.6 is 27.3 Å². The molecule has 0 saturated heterocycles. The maximum Gasteiger partial charge on any atom is 0.281 e. The number of aryl methyl sites for hydroxylation is 1. The number of aromatic nitrogens is 2. The molecule has 0 radical (unpaired) electrons. The monoisotopic (exact) mass is 439 g/mol. The summed E-state index contributed by atoms with van der Waals surface area (Å²) in [5, 5.41) is 0.515. The van der Waals surface area contributed by atoms with Gasteiger partial charge in [0.2, 0.25) is 0 Å². The van der Waals surface area contributed by atoms with Crippen LogP contribution in [0.25, 0.3) is 21.3 Å². The quantitative estimate of drug-likeness (QED) is 0.507. The van der Waals surface area contributed by atoms with Crippen LogP contribution in [0.15, 0.2) is 70.2 Å². The fourth-order valence-corrected chi connectivity index (χ4v) is 4.34. The number of rotatable bonds is 3. The fourth-order valence-electron chi connectivity index (χ4n) is 2.94. The lowest BCUT2D eigenvalue weighted by Gasteiger charge is -2.08. The molecule has 0 aliphatic heterocycles. The van der Waals surface area contributed by atoms with Gasteiger partial charge in [-0.25, -0.2) is 9.66 Å². The molecule has 0 atom stereocenters. The largest absolute Gasteiger partial charge is 0.281 e. The number of carbonyl (C=O) groups is 1. The molecule has 0 spiro atoms. The van der Waals surface area contributed by atoms with E-state index in [1.165, 1.54) is 17.7 Å². The number of hydrogen-bond acceptors (Lipinski definition) is 4. The van der Waals surface area contributed by atoms with Gasteiger partial charge >= 0.3 is 0 Å². The molecule has 0 saturated carbocycles. The molecule has 2 aromatic carbocycles. The number of nitrogens with zero attached hydrogens (tertiary/aromatic N) is 2. The number of thiophene rings is 1. The third-order valence-corrected chi connectivity index (χ3v) is 5.67. The van der Waals surface area contributed by atoms with Crippen molar-refractivity contribution in [1.82, 2.24) is 9.66 Å². The molecular weight excluding hydrogens is 426 g/mol. The molecule has 2 aromatic heterocycles. The van der Waals surface area contributed by atoms with Gasteiger partial charge in [0.25, 0.3) is 11.5 Å². The third kappa shape index (κ3) is 3.31. The van der Waals surface area contributed by atoms with Crippen LogP contribution in [0.3, 0.4) is 0 Å². The molecule has 27 heavy (non-hydrogen) atoms. The molecule has 4 aromatic rings. The van der Waals surface area contributed by atoms with E-state index in [-0.39, 0.29) is 11.5 Å². The Morgan fingerprint density at radius 2 is 1.93 bits per heavy atom. The zero-order valence-electron chi connectivity index (χ0n) is 14.3. The van der Waals surface area contributed by atoms with E-state index in [1.807, 2.05) is 43.3 Å². The first-order valence-electron chi connectivity index (χ1n) is 8.17. The van der Waals surface area contributed by atoms with Gasteiger partial charge in [0.15, 0.2) is 0 Å². The van der Waals surface area contributed by atoms with E-state index < -0.39 is 0 Å². The van der Waals surface area contributed by atoms with Crippen LogP contribution in [-0.4, -0.2) is 15.6 Å². The normalized spacial score (nSPS) is 10.9. The van der Waals surface area contributed by atoms with Crippen LogP contribution in [-0.2, 0) is 0 Å². The van der Waals surface area contributed by atoms with Gasteiger partial charge in [-0.1, -0.05) is 52.3 Å². The number of halogens is 1. The van der Waals surface area contributed by atoms with E-state index in [0.29, 0.717) is 15.8 Å². The van der Waals surface area contributed by atoms with Gasteiger partial charge in [0.1, 0.15) is 11.2 Å². The van der Waals surface area contributed by atoms with Gasteiger partial charge < -0.3 is 0 Å².